The second kappa shape index (κ2) is 33.1. The summed E-state index contributed by atoms with van der Waals surface area (Å²) in [5.74, 6) is -19.6. The largest absolute Gasteiger partial charge is 0.508 e. The van der Waals surface area contributed by atoms with Crippen molar-refractivity contribution < 1.29 is 119 Å². The first-order chi connectivity index (χ1) is 60.5. The summed E-state index contributed by atoms with van der Waals surface area (Å²) in [5, 5.41) is 140. The first-order valence-corrected chi connectivity index (χ1v) is 41.5. The van der Waals surface area contributed by atoms with Crippen molar-refractivity contribution in [1.29, 1.82) is 0 Å². The van der Waals surface area contributed by atoms with E-state index in [1.54, 1.807) is 96.9 Å². The standard InChI is InChI=1S/C32H34N4O7.C31H31N3O9.C31H31N3O8/c1-35(2)26-20-14-16-13-19-18(15-6-8-17(9-7-15)34-22-5-4-12-36(22)3)10-11-21(37)24(19)27(38)23(16)29(40)32(20,43)30(41)25(28(26)39)31(33)42;1-4-11-43-30(41)33-16-7-5-14(6-8-16)17-9-10-20(35)22-18(17)12-15-13-19-24(34(2)3)26(37)23(29(32)40)28(39)31(19,42)27(38)21(15)25(22)36;1-34(2)24-19-12-15-11-18-17(13-5-7-16(8-6-13)33-30(41)14-3-4-14)9-10-20(35)22(18)25(36)21(15)27(38)31(19,42)28(39)23(26(24)37)29(32)40/h6-11,16,20,26,37-38,41,43H,4-5,12-14H2,1-3H3,(H2,33,42);4-10,15,19,24,35-36,39,42H,1,11-13H2,2-3H3,(H2,32,40)(H,33,41);5-10,14-15,19,24,35-36,39,42H,3-4,11-12H2,1-2H3,(H2,32,40)(H,33,41)/t16-,20-,26+,32-;2*15-,19-,24?,31-/m000/s1. The van der Waals surface area contributed by atoms with Gasteiger partial charge in [-0.3, -0.25) is 68.0 Å². The zero-order chi connectivity index (χ0) is 92.6. The summed E-state index contributed by atoms with van der Waals surface area (Å²) in [6.07, 6.45) is 5.11. The van der Waals surface area contributed by atoms with Gasteiger partial charge >= 0.3 is 6.09 Å². The maximum absolute atomic E-state index is 14.0. The third-order valence-corrected chi connectivity index (χ3v) is 26.8. The molecule has 17 rings (SSSR count). The van der Waals surface area contributed by atoms with Gasteiger partial charge in [0.1, 0.15) is 81.0 Å². The molecule has 2 unspecified atom stereocenters. The number of anilines is 2. The second-order valence-electron chi connectivity index (χ2n) is 34.9. The van der Waals surface area contributed by atoms with Gasteiger partial charge in [-0.25, -0.2) is 9.79 Å². The lowest BCUT2D eigenvalue weighted by Crippen LogP contribution is -2.65. The van der Waals surface area contributed by atoms with Crippen LogP contribution in [0.25, 0.3) is 50.7 Å². The molecule has 5 amide bonds. The Morgan fingerprint density at radius 3 is 1.09 bits per heavy atom. The summed E-state index contributed by atoms with van der Waals surface area (Å²) >= 11 is 0. The minimum atomic E-state index is -2.70. The minimum absolute atomic E-state index is 0.00694. The number of Topliss-reactive ketones (excluding diaryl/α,β-unsaturated/α-hetero) is 6. The summed E-state index contributed by atoms with van der Waals surface area (Å²) in [6.45, 7) is 4.52. The molecule has 5 fully saturated rings. The van der Waals surface area contributed by atoms with Crippen molar-refractivity contribution in [3.05, 3.63) is 206 Å². The number of phenolic OH excluding ortho intramolecular Hbond substituents is 3. The topological polar surface area (TPSA) is 567 Å². The quantitative estimate of drug-likeness (QED) is 0.0374. The third kappa shape index (κ3) is 14.4. The van der Waals surface area contributed by atoms with Crippen LogP contribution in [-0.4, -0.2) is 249 Å². The Morgan fingerprint density at radius 2 is 0.805 bits per heavy atom. The number of nitrogens with zero attached hydrogens (tertiary/aromatic N) is 5. The highest BCUT2D eigenvalue weighted by Gasteiger charge is 2.68. The molecule has 10 aliphatic carbocycles. The normalized spacial score (nSPS) is 26.6. The van der Waals surface area contributed by atoms with Crippen LogP contribution in [0.15, 0.2) is 178 Å². The smallest absolute Gasteiger partial charge is 0.411 e. The number of primary amides is 3. The highest BCUT2D eigenvalue weighted by molar-refractivity contribution is 6.27. The Kier molecular flexibility index (Phi) is 23.0. The average Bonchev–Trinajstić information content (AvgIpc) is 0.871. The first-order valence-electron chi connectivity index (χ1n) is 41.5. The fourth-order valence-electron chi connectivity index (χ4n) is 20.7. The third-order valence-electron chi connectivity index (χ3n) is 26.8. The minimum Gasteiger partial charge on any atom is -0.508 e. The molecule has 11 aliphatic rings. The van der Waals surface area contributed by atoms with E-state index >= 15 is 0 Å². The van der Waals surface area contributed by atoms with E-state index in [9.17, 15) is 114 Å². The Hall–Kier alpha value is -13.9. The maximum Gasteiger partial charge on any atom is 0.411 e. The summed E-state index contributed by atoms with van der Waals surface area (Å²) in [7, 11) is 11.4. The number of ketones is 6. The first kappa shape index (κ1) is 88.9. The summed E-state index contributed by atoms with van der Waals surface area (Å²) in [5.41, 5.74) is 12.9. The molecule has 666 valence electrons. The number of phenols is 3. The lowest BCUT2D eigenvalue weighted by molar-refractivity contribution is -0.155. The number of aliphatic hydroxyl groups excluding tert-OH is 6. The molecule has 6 aromatic carbocycles. The van der Waals surface area contributed by atoms with Crippen LogP contribution in [0.4, 0.5) is 21.9 Å². The average molecular weight is 1750 g/mol. The zero-order valence-corrected chi connectivity index (χ0v) is 70.7. The van der Waals surface area contributed by atoms with Crippen molar-refractivity contribution in [2.75, 3.05) is 73.1 Å². The molecule has 1 heterocycles. The van der Waals surface area contributed by atoms with Crippen LogP contribution in [0.2, 0.25) is 0 Å². The molecule has 0 aromatic heterocycles. The van der Waals surface area contributed by atoms with Crippen molar-refractivity contribution in [3.8, 4) is 50.6 Å². The van der Waals surface area contributed by atoms with Gasteiger partial charge in [0.2, 0.25) is 23.3 Å². The number of aromatic hydroxyl groups is 3. The number of likely N-dealkylation sites (tertiary alicyclic amines) is 1. The number of aliphatic hydroxyl groups is 9. The van der Waals surface area contributed by atoms with E-state index in [2.05, 4.69) is 22.1 Å². The van der Waals surface area contributed by atoms with Gasteiger partial charge in [0.05, 0.1) is 40.5 Å². The molecule has 6 aromatic rings. The van der Waals surface area contributed by atoms with Gasteiger partial charge < -0.3 is 93.4 Å². The number of benzene rings is 6. The van der Waals surface area contributed by atoms with E-state index in [0.717, 1.165) is 60.4 Å². The lowest BCUT2D eigenvalue weighted by Gasteiger charge is -2.50. The lowest BCUT2D eigenvalue weighted by atomic mass is 9.57. The van der Waals surface area contributed by atoms with Crippen LogP contribution in [0, 0.1) is 41.4 Å². The molecular weight excluding hydrogens is 1650 g/mol. The molecule has 4 saturated carbocycles. The van der Waals surface area contributed by atoms with E-state index in [1.165, 1.54) is 39.0 Å². The van der Waals surface area contributed by atoms with Crippen LogP contribution in [0.1, 0.15) is 78.3 Å². The van der Waals surface area contributed by atoms with Crippen molar-refractivity contribution in [2.24, 2.45) is 63.6 Å². The SMILES string of the molecule is C=CCOC(=O)Nc1ccc(-c2ccc(O)c3c2C[C@H]2C[C@H]4C(N(C)C)C(=O)C(C(N)=O)=C(O)[C@@]4(O)C(=O)C2=C3O)cc1.CN(C)C1C(=O)C(C(N)=O)=C(O)[C@@]2(O)C(=O)C3=C(O)c4c(O)ccc(-c5ccc(NC(=O)C6CC6)cc5)c4C[C@H]3C[C@@H]12.CN1CCCC1=Nc1ccc(-c2ccc(O)c3c2C[C@H]2C[C@H]4[C@@H](N(C)C)C(=O)C(C(N)=O)=C(O)[C@@]4(O)C(=O)C2=C3O)cc1. The van der Waals surface area contributed by atoms with Crippen molar-refractivity contribution >= 4 is 105 Å². The van der Waals surface area contributed by atoms with Gasteiger partial charge in [-0.15, -0.1) is 0 Å². The number of ether oxygens (including phenoxy) is 1. The Balaban J connectivity index is 0.000000148. The molecule has 34 nitrogen and oxygen atoms in total. The van der Waals surface area contributed by atoms with Gasteiger partial charge in [-0.2, -0.15) is 0 Å². The number of hydrogen-bond donors (Lipinski definition) is 17. The van der Waals surface area contributed by atoms with Gasteiger partial charge in [-0.1, -0.05) is 67.3 Å². The number of rotatable bonds is 15. The number of carbonyl (C=O) groups excluding carboxylic acids is 11. The Morgan fingerprint density at radius 1 is 0.484 bits per heavy atom. The summed E-state index contributed by atoms with van der Waals surface area (Å²) < 4.78 is 4.93. The molecule has 1 saturated heterocycles. The summed E-state index contributed by atoms with van der Waals surface area (Å²) in [6, 6.07) is 27.4. The second-order valence-corrected chi connectivity index (χ2v) is 34.9. The number of aliphatic imine (C=N–C) groups is 1. The maximum atomic E-state index is 14.0. The van der Waals surface area contributed by atoms with Gasteiger partial charge in [-0.05, 0) is 222 Å². The van der Waals surface area contributed by atoms with E-state index in [0.29, 0.717) is 44.8 Å². The van der Waals surface area contributed by atoms with Crippen LogP contribution >= 0.6 is 0 Å². The Bertz CT molecular complexity index is 6110. The van der Waals surface area contributed by atoms with Gasteiger partial charge in [0.15, 0.2) is 34.2 Å². The summed E-state index contributed by atoms with van der Waals surface area (Å²) in [4.78, 5) is 154. The predicted molar refractivity (Wildman–Crippen MR) is 465 cm³/mol. The van der Waals surface area contributed by atoms with Crippen LogP contribution in [-0.2, 0) is 71.9 Å². The number of nitrogens with one attached hydrogen (secondary N) is 2. The molecule has 0 radical (unpaired) electrons. The number of nitrogens with two attached hydrogens (primary N) is 3. The number of likely N-dealkylation sites (N-methyl/N-ethyl adjacent to an activating group) is 3. The number of hydrogen-bond acceptors (Lipinski definition) is 28. The highest BCUT2D eigenvalue weighted by Crippen LogP contribution is 2.59. The van der Waals surface area contributed by atoms with Crippen LogP contribution < -0.4 is 27.8 Å². The molecular formula is C94H96N10O24. The monoisotopic (exact) mass is 1750 g/mol. The number of amides is 5. The van der Waals surface area contributed by atoms with E-state index in [4.69, 9.17) is 26.9 Å². The highest BCUT2D eigenvalue weighted by atomic mass is 16.5. The zero-order valence-electron chi connectivity index (χ0n) is 70.7. The molecule has 34 heteroatoms. The number of amidine groups is 1. The van der Waals surface area contributed by atoms with E-state index in [-0.39, 0.29) is 108 Å². The van der Waals surface area contributed by atoms with Crippen molar-refractivity contribution in [2.45, 2.75) is 99.1 Å². The molecule has 0 bridgehead atoms. The number of carbonyl (C=O) groups is 11. The molecule has 12 atom stereocenters. The van der Waals surface area contributed by atoms with E-state index < -0.39 is 180 Å². The van der Waals surface area contributed by atoms with Gasteiger partial charge in [0, 0.05) is 71.8 Å². The fraction of sp³-hybridized carbons (Fsp3) is 0.340. The van der Waals surface area contributed by atoms with Crippen LogP contribution in [0.3, 0.4) is 0 Å². The molecule has 0 spiro atoms. The molecule has 1 aliphatic heterocycles. The molecule has 128 heavy (non-hydrogen) atoms. The van der Waals surface area contributed by atoms with E-state index in [1.807, 2.05) is 43.4 Å². The van der Waals surface area contributed by atoms with Crippen molar-refractivity contribution in [1.82, 2.24) is 19.6 Å². The Labute approximate surface area is 731 Å². The number of fused-ring (bicyclic) bond motifs is 9. The van der Waals surface area contributed by atoms with Crippen LogP contribution in [0.5, 0.6) is 17.2 Å². The van der Waals surface area contributed by atoms with Crippen molar-refractivity contribution in [3.63, 3.8) is 0 Å². The fourth-order valence-corrected chi connectivity index (χ4v) is 20.7. The van der Waals surface area contributed by atoms with Gasteiger partial charge in [0.25, 0.3) is 17.7 Å². The molecule has 20 N–H and O–H groups in total. The predicted octanol–water partition coefficient (Wildman–Crippen LogP) is 6.73.